The molecule has 0 radical (unpaired) electrons. The van der Waals surface area contributed by atoms with Gasteiger partial charge in [0.15, 0.2) is 0 Å². The Hall–Kier alpha value is -0.640. The molecule has 6 aliphatic rings. The molecule has 6 rings (SSSR count). The van der Waals surface area contributed by atoms with Crippen molar-refractivity contribution in [3.63, 3.8) is 0 Å². The van der Waals surface area contributed by atoms with Crippen molar-refractivity contribution in [1.29, 1.82) is 0 Å². The molecule has 0 amide bonds. The Kier molecular flexibility index (Phi) is 5.13. The van der Waals surface area contributed by atoms with Crippen LogP contribution < -0.4 is 0 Å². The molecule has 2 heterocycles. The van der Waals surface area contributed by atoms with Crippen LogP contribution in [-0.4, -0.2) is 22.4 Å². The first-order chi connectivity index (χ1) is 14.6. The molecule has 3 heteroatoms. The van der Waals surface area contributed by atoms with E-state index in [1.54, 1.807) is 0 Å². The maximum absolute atomic E-state index is 10.4. The summed E-state index contributed by atoms with van der Waals surface area (Å²) in [7, 11) is 0. The molecule has 3 nitrogen and oxygen atoms in total. The van der Waals surface area contributed by atoms with Gasteiger partial charge < -0.3 is 5.11 Å². The van der Waals surface area contributed by atoms with E-state index in [1.807, 2.05) is 0 Å². The van der Waals surface area contributed by atoms with Gasteiger partial charge in [-0.2, -0.15) is 0 Å². The molecule has 4 aliphatic carbocycles. The summed E-state index contributed by atoms with van der Waals surface area (Å²) in [6.07, 6.45) is 15.7. The van der Waals surface area contributed by atoms with Gasteiger partial charge in [0.05, 0.1) is 6.10 Å². The van der Waals surface area contributed by atoms with Crippen LogP contribution in [0.25, 0.3) is 0 Å². The van der Waals surface area contributed by atoms with Gasteiger partial charge in [-0.1, -0.05) is 60.5 Å². The molecule has 1 saturated heterocycles. The van der Waals surface area contributed by atoms with Crippen molar-refractivity contribution in [3.8, 4) is 0 Å². The van der Waals surface area contributed by atoms with Gasteiger partial charge >= 0.3 is 0 Å². The second-order valence-corrected chi connectivity index (χ2v) is 12.8. The summed E-state index contributed by atoms with van der Waals surface area (Å²) in [6, 6.07) is 0. The monoisotopic (exact) mass is 428 g/mol. The van der Waals surface area contributed by atoms with E-state index in [0.29, 0.717) is 12.3 Å². The lowest BCUT2D eigenvalue weighted by Gasteiger charge is -2.66. The number of allylic oxidation sites excluding steroid dienone is 1. The molecule has 2 bridgehead atoms. The van der Waals surface area contributed by atoms with Gasteiger partial charge in [-0.25, -0.2) is 9.78 Å². The molecule has 0 aromatic heterocycles. The Morgan fingerprint density at radius 2 is 1.81 bits per heavy atom. The van der Waals surface area contributed by atoms with Crippen LogP contribution in [0.15, 0.2) is 23.8 Å². The number of hydrogen-bond donors (Lipinski definition) is 1. The third kappa shape index (κ3) is 2.88. The van der Waals surface area contributed by atoms with Gasteiger partial charge in [0.25, 0.3) is 0 Å². The zero-order valence-corrected chi connectivity index (χ0v) is 20.6. The molecule has 0 aromatic carbocycles. The van der Waals surface area contributed by atoms with Crippen molar-refractivity contribution >= 4 is 0 Å². The largest absolute Gasteiger partial charge is 0.393 e. The molecule has 3 fully saturated rings. The van der Waals surface area contributed by atoms with Gasteiger partial charge in [-0.3, -0.25) is 0 Å². The van der Waals surface area contributed by atoms with Crippen molar-refractivity contribution in [3.05, 3.63) is 23.8 Å². The molecule has 0 aromatic rings. The SMILES string of the molecule is CC(C)C(C)CC[C@@H](C)C1CCC2[C@]1(C)CC=C1[C@]23C=C[C@]2(CC(O)CC[C@]12C)OO3. The lowest BCUT2D eigenvalue weighted by molar-refractivity contribution is -0.455. The molecule has 2 spiro atoms. The maximum atomic E-state index is 10.4. The zero-order chi connectivity index (χ0) is 22.2. The van der Waals surface area contributed by atoms with Crippen LogP contribution in [0, 0.1) is 40.4 Å². The highest BCUT2D eigenvalue weighted by atomic mass is 17.2. The van der Waals surface area contributed by atoms with Crippen LogP contribution in [0.3, 0.4) is 0 Å². The summed E-state index contributed by atoms with van der Waals surface area (Å²) in [5, 5.41) is 10.4. The van der Waals surface area contributed by atoms with E-state index in [-0.39, 0.29) is 16.9 Å². The number of hydrogen-bond acceptors (Lipinski definition) is 3. The number of fused-ring (bicyclic) bond motifs is 2. The smallest absolute Gasteiger partial charge is 0.147 e. The molecule has 2 aliphatic heterocycles. The van der Waals surface area contributed by atoms with E-state index in [1.165, 1.54) is 31.3 Å². The van der Waals surface area contributed by atoms with Gasteiger partial charge in [-0.05, 0) is 78.9 Å². The average molecular weight is 429 g/mol. The van der Waals surface area contributed by atoms with E-state index in [2.05, 4.69) is 59.8 Å². The second-order valence-electron chi connectivity index (χ2n) is 12.8. The highest BCUT2D eigenvalue weighted by Crippen LogP contribution is 2.71. The maximum Gasteiger partial charge on any atom is 0.147 e. The molecule has 9 atom stereocenters. The van der Waals surface area contributed by atoms with E-state index in [4.69, 9.17) is 9.78 Å². The lowest BCUT2D eigenvalue weighted by atomic mass is 9.46. The first-order valence-corrected chi connectivity index (χ1v) is 13.0. The number of aliphatic hydroxyl groups excluding tert-OH is 1. The summed E-state index contributed by atoms with van der Waals surface area (Å²) in [5.41, 5.74) is 0.775. The van der Waals surface area contributed by atoms with E-state index >= 15 is 0 Å². The normalized spacial score (nSPS) is 49.9. The molecular weight excluding hydrogens is 384 g/mol. The average Bonchev–Trinajstić information content (AvgIpc) is 3.09. The topological polar surface area (TPSA) is 38.7 Å². The van der Waals surface area contributed by atoms with Gasteiger partial charge in [0, 0.05) is 17.8 Å². The van der Waals surface area contributed by atoms with Crippen LogP contribution in [-0.2, 0) is 9.78 Å². The first kappa shape index (κ1) is 22.2. The van der Waals surface area contributed by atoms with Crippen molar-refractivity contribution in [2.45, 2.75) is 110 Å². The summed E-state index contributed by atoms with van der Waals surface area (Å²) in [4.78, 5) is 12.7. The Labute approximate surface area is 189 Å². The zero-order valence-electron chi connectivity index (χ0n) is 20.6. The minimum absolute atomic E-state index is 0.0586. The number of rotatable bonds is 5. The quantitative estimate of drug-likeness (QED) is 0.395. The number of aliphatic hydroxyl groups is 1. The van der Waals surface area contributed by atoms with Crippen molar-refractivity contribution < 1.29 is 14.9 Å². The highest BCUT2D eigenvalue weighted by Gasteiger charge is 2.71. The van der Waals surface area contributed by atoms with Crippen molar-refractivity contribution in [2.24, 2.45) is 40.4 Å². The van der Waals surface area contributed by atoms with E-state index in [9.17, 15) is 5.11 Å². The Morgan fingerprint density at radius 3 is 2.48 bits per heavy atom. The standard InChI is InChI=1S/C28H44O3/c1-18(2)19(3)7-8-20(4)22-9-10-23-25(22,5)13-12-24-26(6)14-11-21(29)17-27(26)15-16-28(23,24)31-30-27/h12,15-16,18-23,29H,7-11,13-14,17H2,1-6H3/t19?,20-,21?,22?,23?,25-,26-,27-,28+/m1/s1. The minimum Gasteiger partial charge on any atom is -0.393 e. The predicted molar refractivity (Wildman–Crippen MR) is 124 cm³/mol. The van der Waals surface area contributed by atoms with Crippen LogP contribution in [0.1, 0.15) is 92.9 Å². The Morgan fingerprint density at radius 1 is 1.03 bits per heavy atom. The predicted octanol–water partition coefficient (Wildman–Crippen LogP) is 6.62. The lowest BCUT2D eigenvalue weighted by Crippen LogP contribution is -2.69. The third-order valence-electron chi connectivity index (χ3n) is 11.0. The van der Waals surface area contributed by atoms with Crippen LogP contribution in [0.4, 0.5) is 0 Å². The van der Waals surface area contributed by atoms with E-state index < -0.39 is 11.2 Å². The minimum atomic E-state index is -0.496. The summed E-state index contributed by atoms with van der Waals surface area (Å²) >= 11 is 0. The summed E-state index contributed by atoms with van der Waals surface area (Å²) in [6.45, 7) is 14.5. The van der Waals surface area contributed by atoms with E-state index in [0.717, 1.165) is 42.9 Å². The van der Waals surface area contributed by atoms with Crippen molar-refractivity contribution in [2.75, 3.05) is 0 Å². The molecular formula is C28H44O3. The fourth-order valence-electron chi connectivity index (χ4n) is 8.43. The van der Waals surface area contributed by atoms with Crippen LogP contribution >= 0.6 is 0 Å². The van der Waals surface area contributed by atoms with Crippen molar-refractivity contribution in [1.82, 2.24) is 0 Å². The Bertz CT molecular complexity index is 785. The fourth-order valence-corrected chi connectivity index (χ4v) is 8.43. The van der Waals surface area contributed by atoms with Crippen LogP contribution in [0.5, 0.6) is 0 Å². The summed E-state index contributed by atoms with van der Waals surface area (Å²) < 4.78 is 0. The fraction of sp³-hybridized carbons (Fsp3) is 0.857. The van der Waals surface area contributed by atoms with Gasteiger partial charge in [-0.15, -0.1) is 0 Å². The molecule has 174 valence electrons. The molecule has 2 saturated carbocycles. The molecule has 1 N–H and O–H groups in total. The molecule has 4 unspecified atom stereocenters. The van der Waals surface area contributed by atoms with Crippen LogP contribution in [0.2, 0.25) is 0 Å². The van der Waals surface area contributed by atoms with Gasteiger partial charge in [0.1, 0.15) is 11.2 Å². The highest BCUT2D eigenvalue weighted by molar-refractivity contribution is 5.48. The molecule has 31 heavy (non-hydrogen) atoms. The second kappa shape index (κ2) is 7.18. The first-order valence-electron chi connectivity index (χ1n) is 13.0. The van der Waals surface area contributed by atoms with Gasteiger partial charge in [0.2, 0.25) is 0 Å². The Balaban J connectivity index is 1.44. The third-order valence-corrected chi connectivity index (χ3v) is 11.0. The summed E-state index contributed by atoms with van der Waals surface area (Å²) in [5.74, 6) is 3.55.